The van der Waals surface area contributed by atoms with Crippen LogP contribution in [0.1, 0.15) is 85.1 Å². The minimum atomic E-state index is -5.00. The topological polar surface area (TPSA) is 23.6 Å². The van der Waals surface area contributed by atoms with Gasteiger partial charge in [0.05, 0.1) is 22.6 Å². The number of rotatable bonds is 6. The van der Waals surface area contributed by atoms with Crippen LogP contribution in [-0.4, -0.2) is 41.9 Å². The average Bonchev–Trinajstić information content (AvgIpc) is 3.03. The highest BCUT2D eigenvalue weighted by molar-refractivity contribution is 5.85. The fourth-order valence-electron chi connectivity index (χ4n) is 7.22. The van der Waals surface area contributed by atoms with Crippen LogP contribution in [0.25, 0.3) is 0 Å². The maximum absolute atomic E-state index is 13.9. The van der Waals surface area contributed by atoms with E-state index in [9.17, 15) is 35.5 Å². The van der Waals surface area contributed by atoms with Crippen LogP contribution in [0.5, 0.6) is 0 Å². The quantitative estimate of drug-likeness (QED) is 0.244. The molecule has 250 valence electrons. The van der Waals surface area contributed by atoms with Crippen LogP contribution in [0.15, 0.2) is 72.8 Å². The fourth-order valence-corrected chi connectivity index (χ4v) is 7.22. The molecule has 1 atom stereocenters. The van der Waals surface area contributed by atoms with E-state index in [-0.39, 0.29) is 35.9 Å². The van der Waals surface area contributed by atoms with Gasteiger partial charge in [-0.1, -0.05) is 42.5 Å². The number of alkyl halides is 6. The molecule has 1 saturated carbocycles. The van der Waals surface area contributed by atoms with Crippen LogP contribution in [0, 0.1) is 5.82 Å². The van der Waals surface area contributed by atoms with Crippen LogP contribution in [0.2, 0.25) is 0 Å². The standard InChI is InChI=1S/C35H37F7N2O.ClH/c1-23(26-20-28(34(37,38)39)22-29(21-26)35(40,41)42)32(45)43(2)33(27-6-4-3-5-7-27)16-12-31(13-17-33)44-18-14-25(15-19-44)24-8-10-30(36)11-9-24;/h3-11,20-23,25,31H,12-19H2,1-2H3;1H. The van der Waals surface area contributed by atoms with E-state index in [4.69, 9.17) is 0 Å². The first-order valence-corrected chi connectivity index (χ1v) is 15.3. The van der Waals surface area contributed by atoms with Crippen LogP contribution < -0.4 is 0 Å². The highest BCUT2D eigenvalue weighted by atomic mass is 35.5. The molecule has 0 N–H and O–H groups in total. The zero-order valence-corrected chi connectivity index (χ0v) is 26.5. The summed E-state index contributed by atoms with van der Waals surface area (Å²) in [5, 5.41) is 0. The predicted molar refractivity (Wildman–Crippen MR) is 165 cm³/mol. The summed E-state index contributed by atoms with van der Waals surface area (Å²) in [4.78, 5) is 18.0. The third-order valence-corrected chi connectivity index (χ3v) is 9.93. The molecule has 2 fully saturated rings. The summed E-state index contributed by atoms with van der Waals surface area (Å²) < 4.78 is 94.8. The Bertz CT molecular complexity index is 1430. The van der Waals surface area contributed by atoms with Crippen molar-refractivity contribution in [2.45, 2.75) is 81.2 Å². The van der Waals surface area contributed by atoms with Crippen LogP contribution in [-0.2, 0) is 22.7 Å². The molecule has 46 heavy (non-hydrogen) atoms. The Balaban J connectivity index is 0.00000480. The molecule has 1 saturated heterocycles. The van der Waals surface area contributed by atoms with Gasteiger partial charge in [-0.2, -0.15) is 26.3 Å². The number of piperidine rings is 1. The molecule has 3 nitrogen and oxygen atoms in total. The van der Waals surface area contributed by atoms with Gasteiger partial charge in [0.2, 0.25) is 5.91 Å². The van der Waals surface area contributed by atoms with Gasteiger partial charge in [-0.25, -0.2) is 4.39 Å². The van der Waals surface area contributed by atoms with Crippen molar-refractivity contribution >= 4 is 18.3 Å². The summed E-state index contributed by atoms with van der Waals surface area (Å²) in [7, 11) is 1.61. The number of likely N-dealkylation sites (tertiary alicyclic amines) is 1. The molecule has 1 heterocycles. The molecule has 1 aliphatic heterocycles. The highest BCUT2D eigenvalue weighted by Gasteiger charge is 2.45. The van der Waals surface area contributed by atoms with Crippen molar-refractivity contribution in [2.24, 2.45) is 0 Å². The molecule has 1 aliphatic carbocycles. The smallest absolute Gasteiger partial charge is 0.335 e. The first-order valence-electron chi connectivity index (χ1n) is 15.3. The number of hydrogen-bond donors (Lipinski definition) is 0. The second kappa shape index (κ2) is 13.9. The first kappa shape index (κ1) is 35.7. The van der Waals surface area contributed by atoms with Gasteiger partial charge in [0.25, 0.3) is 0 Å². The number of amides is 1. The molecule has 2 aliphatic rings. The van der Waals surface area contributed by atoms with Crippen molar-refractivity contribution in [2.75, 3.05) is 20.1 Å². The second-order valence-corrected chi connectivity index (χ2v) is 12.4. The van der Waals surface area contributed by atoms with E-state index in [0.29, 0.717) is 30.9 Å². The minimum absolute atomic E-state index is 0. The third kappa shape index (κ3) is 7.54. The van der Waals surface area contributed by atoms with Gasteiger partial charge >= 0.3 is 12.4 Å². The zero-order valence-electron chi connectivity index (χ0n) is 25.7. The Morgan fingerprint density at radius 1 is 0.826 bits per heavy atom. The van der Waals surface area contributed by atoms with Crippen molar-refractivity contribution in [1.82, 2.24) is 9.80 Å². The summed E-state index contributed by atoms with van der Waals surface area (Å²) in [6, 6.07) is 17.8. The summed E-state index contributed by atoms with van der Waals surface area (Å²) in [6.45, 7) is 3.16. The van der Waals surface area contributed by atoms with E-state index in [0.717, 1.165) is 49.9 Å². The molecule has 0 aromatic heterocycles. The SMILES string of the molecule is CC(C(=O)N(C)C1(c2ccccc2)CCC(N2CCC(c3ccc(F)cc3)CC2)CC1)c1cc(C(F)(F)F)cc(C(F)(F)F)c1.Cl. The van der Waals surface area contributed by atoms with Crippen LogP contribution in [0.4, 0.5) is 30.7 Å². The summed E-state index contributed by atoms with van der Waals surface area (Å²) >= 11 is 0. The minimum Gasteiger partial charge on any atom is -0.335 e. The average molecular weight is 671 g/mol. The Hall–Kier alpha value is -3.11. The number of benzene rings is 3. The van der Waals surface area contributed by atoms with E-state index < -0.39 is 40.8 Å². The maximum atomic E-state index is 13.9. The molecule has 3 aromatic rings. The number of nitrogens with zero attached hydrogens (tertiary/aromatic N) is 2. The fraction of sp³-hybridized carbons (Fsp3) is 0.457. The lowest BCUT2D eigenvalue weighted by atomic mass is 9.72. The van der Waals surface area contributed by atoms with Gasteiger partial charge in [0.15, 0.2) is 0 Å². The molecular weight excluding hydrogens is 633 g/mol. The Kier molecular flexibility index (Phi) is 10.8. The molecular formula is C35H38ClF7N2O. The van der Waals surface area contributed by atoms with Crippen molar-refractivity contribution < 1.29 is 35.5 Å². The first-order chi connectivity index (χ1) is 21.2. The summed E-state index contributed by atoms with van der Waals surface area (Å²) in [5.74, 6) is -1.65. The van der Waals surface area contributed by atoms with Gasteiger partial charge in [0, 0.05) is 13.1 Å². The van der Waals surface area contributed by atoms with E-state index in [1.54, 1.807) is 11.9 Å². The van der Waals surface area contributed by atoms with Gasteiger partial charge in [-0.05, 0) is 111 Å². The van der Waals surface area contributed by atoms with Gasteiger partial charge in [-0.3, -0.25) is 4.79 Å². The number of hydrogen-bond acceptors (Lipinski definition) is 2. The van der Waals surface area contributed by atoms with Crippen molar-refractivity contribution in [3.63, 3.8) is 0 Å². The number of carbonyl (C=O) groups is 1. The monoisotopic (exact) mass is 670 g/mol. The van der Waals surface area contributed by atoms with Crippen molar-refractivity contribution in [3.05, 3.63) is 106 Å². The highest BCUT2D eigenvalue weighted by Crippen LogP contribution is 2.45. The van der Waals surface area contributed by atoms with E-state index in [1.807, 2.05) is 42.5 Å². The van der Waals surface area contributed by atoms with Crippen molar-refractivity contribution in [1.29, 1.82) is 0 Å². The van der Waals surface area contributed by atoms with E-state index in [1.165, 1.54) is 19.1 Å². The predicted octanol–water partition coefficient (Wildman–Crippen LogP) is 9.56. The van der Waals surface area contributed by atoms with E-state index >= 15 is 0 Å². The number of halogens is 8. The molecule has 5 rings (SSSR count). The second-order valence-electron chi connectivity index (χ2n) is 12.4. The molecule has 11 heteroatoms. The Labute approximate surface area is 271 Å². The maximum Gasteiger partial charge on any atom is 0.416 e. The lowest BCUT2D eigenvalue weighted by Gasteiger charge is -2.50. The largest absolute Gasteiger partial charge is 0.416 e. The Morgan fingerprint density at radius 2 is 1.35 bits per heavy atom. The molecule has 0 radical (unpaired) electrons. The normalized spacial score (nSPS) is 22.2. The molecule has 0 spiro atoms. The Morgan fingerprint density at radius 3 is 1.85 bits per heavy atom. The zero-order chi connectivity index (χ0) is 32.6. The van der Waals surface area contributed by atoms with Crippen molar-refractivity contribution in [3.8, 4) is 0 Å². The molecule has 0 bridgehead atoms. The van der Waals surface area contributed by atoms with Crippen LogP contribution in [0.3, 0.4) is 0 Å². The molecule has 1 unspecified atom stereocenters. The summed E-state index contributed by atoms with van der Waals surface area (Å²) in [6.07, 6.45) is -5.31. The summed E-state index contributed by atoms with van der Waals surface area (Å²) in [5.41, 5.74) is -1.92. The third-order valence-electron chi connectivity index (χ3n) is 9.93. The lowest BCUT2D eigenvalue weighted by molar-refractivity contribution is -0.144. The van der Waals surface area contributed by atoms with Gasteiger partial charge < -0.3 is 9.80 Å². The van der Waals surface area contributed by atoms with Gasteiger partial charge in [0.1, 0.15) is 5.82 Å². The molecule has 1 amide bonds. The number of likely N-dealkylation sites (N-methyl/N-ethyl adjacent to an activating group) is 1. The molecule has 3 aromatic carbocycles. The van der Waals surface area contributed by atoms with E-state index in [2.05, 4.69) is 4.90 Å². The lowest BCUT2D eigenvalue weighted by Crippen LogP contribution is -2.53. The van der Waals surface area contributed by atoms with Crippen LogP contribution >= 0.6 is 12.4 Å². The number of carbonyl (C=O) groups excluding carboxylic acids is 1. The van der Waals surface area contributed by atoms with Gasteiger partial charge in [-0.15, -0.1) is 12.4 Å².